The first kappa shape index (κ1) is 19.2. The van der Waals surface area contributed by atoms with Crippen LogP contribution in [0.25, 0.3) is 0 Å². The molecule has 0 unspecified atom stereocenters. The molecule has 5 heteroatoms. The van der Waals surface area contributed by atoms with Crippen molar-refractivity contribution in [2.45, 2.75) is 13.5 Å². The lowest BCUT2D eigenvalue weighted by molar-refractivity contribution is -0.136. The molecule has 28 heavy (non-hydrogen) atoms. The molecule has 142 valence electrons. The molecule has 0 aliphatic rings. The molecule has 0 atom stereocenters. The molecule has 0 N–H and O–H groups in total. The summed E-state index contributed by atoms with van der Waals surface area (Å²) >= 11 is 0. The highest BCUT2D eigenvalue weighted by molar-refractivity contribution is 5.89. The Labute approximate surface area is 163 Å². The molecule has 0 fully saturated rings. The topological polar surface area (TPSA) is 61.8 Å². The van der Waals surface area contributed by atoms with Crippen LogP contribution in [0.1, 0.15) is 21.5 Å². The van der Waals surface area contributed by atoms with E-state index in [0.29, 0.717) is 17.1 Å². The van der Waals surface area contributed by atoms with Crippen LogP contribution in [0.5, 0.6) is 11.5 Å². The first-order valence-corrected chi connectivity index (χ1v) is 8.81. The van der Waals surface area contributed by atoms with Crippen molar-refractivity contribution < 1.29 is 23.8 Å². The fourth-order valence-electron chi connectivity index (χ4n) is 2.47. The van der Waals surface area contributed by atoms with E-state index in [1.54, 1.807) is 30.3 Å². The van der Waals surface area contributed by atoms with Gasteiger partial charge in [-0.15, -0.1) is 0 Å². The standard InChI is InChI=1S/C23H20O5/c1-17-6-5-9-21(14-17)26-16-22(24)28-20-12-10-19(11-13-20)23(25)27-15-18-7-3-2-4-8-18/h2-14H,15-16H2,1H3. The normalized spacial score (nSPS) is 10.2. The molecule has 0 radical (unpaired) electrons. The summed E-state index contributed by atoms with van der Waals surface area (Å²) in [7, 11) is 0. The molecular formula is C23H20O5. The molecule has 0 heterocycles. The van der Waals surface area contributed by atoms with E-state index in [-0.39, 0.29) is 13.2 Å². The minimum atomic E-state index is -0.527. The van der Waals surface area contributed by atoms with Gasteiger partial charge in [-0.2, -0.15) is 0 Å². The molecule has 3 aromatic rings. The first-order chi connectivity index (χ1) is 13.6. The van der Waals surface area contributed by atoms with Crippen LogP contribution in [0.2, 0.25) is 0 Å². The molecule has 0 amide bonds. The minimum absolute atomic E-state index is 0.201. The number of hydrogen-bond donors (Lipinski definition) is 0. The number of ether oxygens (including phenoxy) is 3. The quantitative estimate of drug-likeness (QED) is 0.453. The molecule has 0 aliphatic heterocycles. The maximum atomic E-state index is 12.1. The van der Waals surface area contributed by atoms with E-state index in [2.05, 4.69) is 0 Å². The SMILES string of the molecule is Cc1cccc(OCC(=O)Oc2ccc(C(=O)OCc3ccccc3)cc2)c1. The van der Waals surface area contributed by atoms with Gasteiger partial charge in [-0.3, -0.25) is 0 Å². The largest absolute Gasteiger partial charge is 0.482 e. The second-order valence-corrected chi connectivity index (χ2v) is 6.17. The Balaban J connectivity index is 1.48. The van der Waals surface area contributed by atoms with Crippen LogP contribution < -0.4 is 9.47 Å². The van der Waals surface area contributed by atoms with Gasteiger partial charge in [0.05, 0.1) is 5.56 Å². The van der Waals surface area contributed by atoms with Crippen molar-refractivity contribution in [1.29, 1.82) is 0 Å². The fourth-order valence-corrected chi connectivity index (χ4v) is 2.47. The van der Waals surface area contributed by atoms with Gasteiger partial charge in [0, 0.05) is 0 Å². The van der Waals surface area contributed by atoms with Gasteiger partial charge in [-0.05, 0) is 54.4 Å². The van der Waals surface area contributed by atoms with Crippen molar-refractivity contribution >= 4 is 11.9 Å². The summed E-state index contributed by atoms with van der Waals surface area (Å²) in [6, 6.07) is 23.0. The lowest BCUT2D eigenvalue weighted by atomic mass is 10.2. The van der Waals surface area contributed by atoms with Crippen LogP contribution in [0.3, 0.4) is 0 Å². The van der Waals surface area contributed by atoms with Gasteiger partial charge >= 0.3 is 11.9 Å². The number of carbonyl (C=O) groups excluding carboxylic acids is 2. The summed E-state index contributed by atoms with van der Waals surface area (Å²) in [5.41, 5.74) is 2.34. The number of rotatable bonds is 7. The summed E-state index contributed by atoms with van der Waals surface area (Å²) in [5.74, 6) is -0.0312. The zero-order valence-electron chi connectivity index (χ0n) is 15.5. The average Bonchev–Trinajstić information content (AvgIpc) is 2.72. The van der Waals surface area contributed by atoms with E-state index >= 15 is 0 Å². The molecule has 0 spiro atoms. The van der Waals surface area contributed by atoms with Crippen LogP contribution in [0, 0.1) is 6.92 Å². The minimum Gasteiger partial charge on any atom is -0.482 e. The van der Waals surface area contributed by atoms with Gasteiger partial charge in [0.25, 0.3) is 0 Å². The van der Waals surface area contributed by atoms with Gasteiger partial charge in [-0.1, -0.05) is 42.5 Å². The number of benzene rings is 3. The first-order valence-electron chi connectivity index (χ1n) is 8.81. The maximum Gasteiger partial charge on any atom is 0.349 e. The van der Waals surface area contributed by atoms with Crippen molar-refractivity contribution in [1.82, 2.24) is 0 Å². The third kappa shape index (κ3) is 5.71. The lowest BCUT2D eigenvalue weighted by Crippen LogP contribution is -2.17. The Kier molecular flexibility index (Phi) is 6.41. The number of hydrogen-bond acceptors (Lipinski definition) is 5. The van der Waals surface area contributed by atoms with E-state index in [1.165, 1.54) is 0 Å². The summed E-state index contributed by atoms with van der Waals surface area (Å²) in [6.45, 7) is 1.94. The Morgan fingerprint density at radius 1 is 0.821 bits per heavy atom. The highest BCUT2D eigenvalue weighted by Gasteiger charge is 2.10. The summed E-state index contributed by atoms with van der Waals surface area (Å²) < 4.78 is 15.9. The Morgan fingerprint density at radius 2 is 1.57 bits per heavy atom. The number of esters is 2. The third-order valence-electron chi connectivity index (χ3n) is 3.88. The van der Waals surface area contributed by atoms with Crippen molar-refractivity contribution in [3.05, 3.63) is 95.6 Å². The molecule has 0 aromatic heterocycles. The van der Waals surface area contributed by atoms with E-state index in [9.17, 15) is 9.59 Å². The molecular weight excluding hydrogens is 356 g/mol. The van der Waals surface area contributed by atoms with Crippen LogP contribution >= 0.6 is 0 Å². The Bertz CT molecular complexity index is 933. The zero-order chi connectivity index (χ0) is 19.8. The monoisotopic (exact) mass is 376 g/mol. The smallest absolute Gasteiger partial charge is 0.349 e. The second kappa shape index (κ2) is 9.37. The van der Waals surface area contributed by atoms with Crippen LogP contribution in [0.15, 0.2) is 78.9 Å². The number of aryl methyl sites for hydroxylation is 1. The number of carbonyl (C=O) groups is 2. The molecule has 0 aliphatic carbocycles. The van der Waals surface area contributed by atoms with E-state index in [0.717, 1.165) is 11.1 Å². The van der Waals surface area contributed by atoms with Crippen molar-refractivity contribution in [3.63, 3.8) is 0 Å². The Hall–Kier alpha value is -3.60. The summed E-state index contributed by atoms with van der Waals surface area (Å²) in [5, 5.41) is 0. The van der Waals surface area contributed by atoms with Crippen molar-refractivity contribution in [3.8, 4) is 11.5 Å². The van der Waals surface area contributed by atoms with Crippen LogP contribution in [0.4, 0.5) is 0 Å². The van der Waals surface area contributed by atoms with E-state index in [4.69, 9.17) is 14.2 Å². The lowest BCUT2D eigenvalue weighted by Gasteiger charge is -2.08. The predicted molar refractivity (Wildman–Crippen MR) is 104 cm³/mol. The van der Waals surface area contributed by atoms with Crippen molar-refractivity contribution in [2.24, 2.45) is 0 Å². The maximum absolute atomic E-state index is 12.1. The molecule has 0 bridgehead atoms. The van der Waals surface area contributed by atoms with Crippen LogP contribution in [-0.2, 0) is 16.1 Å². The van der Waals surface area contributed by atoms with Gasteiger partial charge in [0.1, 0.15) is 18.1 Å². The summed E-state index contributed by atoms with van der Waals surface area (Å²) in [6.07, 6.45) is 0. The molecule has 3 aromatic carbocycles. The molecule has 3 rings (SSSR count). The highest BCUT2D eigenvalue weighted by Crippen LogP contribution is 2.15. The van der Waals surface area contributed by atoms with E-state index in [1.807, 2.05) is 55.5 Å². The van der Waals surface area contributed by atoms with Gasteiger partial charge in [0.2, 0.25) is 0 Å². The van der Waals surface area contributed by atoms with Gasteiger partial charge in [0.15, 0.2) is 6.61 Å². The molecule has 0 saturated carbocycles. The van der Waals surface area contributed by atoms with E-state index < -0.39 is 11.9 Å². The molecule has 0 saturated heterocycles. The van der Waals surface area contributed by atoms with Crippen LogP contribution in [-0.4, -0.2) is 18.5 Å². The predicted octanol–water partition coefficient (Wildman–Crippen LogP) is 4.34. The highest BCUT2D eigenvalue weighted by atomic mass is 16.6. The fraction of sp³-hybridized carbons (Fsp3) is 0.130. The van der Waals surface area contributed by atoms with Gasteiger partial charge in [-0.25, -0.2) is 9.59 Å². The second-order valence-electron chi connectivity index (χ2n) is 6.17. The van der Waals surface area contributed by atoms with Gasteiger partial charge < -0.3 is 14.2 Å². The Morgan fingerprint density at radius 3 is 2.29 bits per heavy atom. The zero-order valence-corrected chi connectivity index (χ0v) is 15.5. The summed E-state index contributed by atoms with van der Waals surface area (Å²) in [4.78, 5) is 24.0. The van der Waals surface area contributed by atoms with Crippen molar-refractivity contribution in [2.75, 3.05) is 6.61 Å². The third-order valence-corrected chi connectivity index (χ3v) is 3.88. The average molecular weight is 376 g/mol. The molecule has 5 nitrogen and oxygen atoms in total.